The van der Waals surface area contributed by atoms with Crippen LogP contribution >= 0.6 is 11.6 Å². The fourth-order valence-corrected chi connectivity index (χ4v) is 6.01. The number of rotatable bonds is 9. The number of likely N-dealkylation sites (N-methyl/N-ethyl adjacent to an activating group) is 1. The molecule has 6 rings (SSSR count). The summed E-state index contributed by atoms with van der Waals surface area (Å²) in [6, 6.07) is 4.17. The minimum atomic E-state index is -0.719. The van der Waals surface area contributed by atoms with Crippen molar-refractivity contribution in [3.8, 4) is 0 Å². The van der Waals surface area contributed by atoms with Gasteiger partial charge < -0.3 is 14.7 Å². The van der Waals surface area contributed by atoms with Gasteiger partial charge in [-0.1, -0.05) is 17.7 Å². The Bertz CT molecular complexity index is 1570. The van der Waals surface area contributed by atoms with E-state index in [0.29, 0.717) is 30.8 Å². The van der Waals surface area contributed by atoms with Gasteiger partial charge in [0.1, 0.15) is 17.7 Å². The average molecular weight is 568 g/mol. The Hall–Kier alpha value is -3.90. The summed E-state index contributed by atoms with van der Waals surface area (Å²) in [5.74, 6) is -1.35. The molecule has 11 nitrogen and oxygen atoms in total. The van der Waals surface area contributed by atoms with Crippen molar-refractivity contribution in [2.24, 2.45) is 11.1 Å². The maximum Gasteiger partial charge on any atom is 0.283 e. The molecule has 0 radical (unpaired) electrons. The number of fused-ring (bicyclic) bond motifs is 3. The number of aromatic nitrogens is 3. The molecule has 1 aliphatic carbocycles. The van der Waals surface area contributed by atoms with Crippen molar-refractivity contribution in [2.75, 3.05) is 26.7 Å². The van der Waals surface area contributed by atoms with E-state index in [4.69, 9.17) is 11.6 Å². The van der Waals surface area contributed by atoms with Gasteiger partial charge in [-0.2, -0.15) is 5.10 Å². The maximum atomic E-state index is 13.9. The van der Waals surface area contributed by atoms with E-state index in [1.807, 2.05) is 13.2 Å². The van der Waals surface area contributed by atoms with E-state index in [1.54, 1.807) is 11.1 Å². The molecule has 40 heavy (non-hydrogen) atoms. The molecule has 0 bridgehead atoms. The second-order valence-electron chi connectivity index (χ2n) is 10.6. The zero-order chi connectivity index (χ0) is 28.1. The number of pyridine rings is 1. The minimum Gasteiger partial charge on any atom is -0.334 e. The molecular formula is C27H27ClFN7O4. The Labute approximate surface area is 233 Å². The molecule has 1 atom stereocenters. The smallest absolute Gasteiger partial charge is 0.283 e. The van der Waals surface area contributed by atoms with E-state index in [2.05, 4.69) is 20.3 Å². The first-order valence-corrected chi connectivity index (χ1v) is 13.5. The number of carbonyl (C=O) groups is 2. The third-order valence-corrected chi connectivity index (χ3v) is 8.18. The number of H-pyrrole nitrogens is 1. The fourth-order valence-electron chi connectivity index (χ4n) is 5.81. The fraction of sp³-hybridized carbons (Fsp3) is 0.407. The number of benzene rings is 1. The van der Waals surface area contributed by atoms with Gasteiger partial charge in [0.05, 0.1) is 16.8 Å². The first-order chi connectivity index (χ1) is 19.3. The molecular weight excluding hydrogens is 541 g/mol. The SMILES string of the molecule is CN(CCN1C(=O)c2c3c(c(N=O)c(=O)n2C1C1CC1)C(=O)N(Cc1ccc(F)c(Cl)c1)CC3)Cc1cn[nH]c1. The molecule has 1 aromatic carbocycles. The van der Waals surface area contributed by atoms with Crippen LogP contribution in [0.5, 0.6) is 0 Å². The predicted molar refractivity (Wildman–Crippen MR) is 144 cm³/mol. The molecule has 208 valence electrons. The summed E-state index contributed by atoms with van der Waals surface area (Å²) in [6.07, 6.45) is 5.03. The molecule has 1 fully saturated rings. The van der Waals surface area contributed by atoms with Crippen molar-refractivity contribution in [1.29, 1.82) is 0 Å². The molecule has 1 N–H and O–H groups in total. The Kier molecular flexibility index (Phi) is 6.75. The van der Waals surface area contributed by atoms with Gasteiger partial charge in [0.2, 0.25) is 0 Å². The van der Waals surface area contributed by atoms with Gasteiger partial charge >= 0.3 is 0 Å². The lowest BCUT2D eigenvalue weighted by Crippen LogP contribution is -2.40. The number of nitroso groups, excluding NO2 is 1. The van der Waals surface area contributed by atoms with Crippen LogP contribution in [0.2, 0.25) is 5.02 Å². The van der Waals surface area contributed by atoms with Crippen LogP contribution < -0.4 is 5.56 Å². The number of hydrogen-bond donors (Lipinski definition) is 1. The molecule has 13 heteroatoms. The summed E-state index contributed by atoms with van der Waals surface area (Å²) in [5.41, 5.74) is 0.864. The number of nitrogens with one attached hydrogen (secondary N) is 1. The van der Waals surface area contributed by atoms with Gasteiger partial charge in [-0.3, -0.25) is 24.0 Å². The van der Waals surface area contributed by atoms with Crippen LogP contribution in [-0.4, -0.2) is 68.0 Å². The molecule has 2 aliphatic heterocycles. The quantitative estimate of drug-likeness (QED) is 0.395. The van der Waals surface area contributed by atoms with E-state index in [0.717, 1.165) is 18.4 Å². The van der Waals surface area contributed by atoms with Crippen LogP contribution in [0.1, 0.15) is 56.5 Å². The van der Waals surface area contributed by atoms with Crippen LogP contribution in [0.3, 0.4) is 0 Å². The molecule has 3 aromatic rings. The summed E-state index contributed by atoms with van der Waals surface area (Å²) in [5, 5.41) is 9.69. The molecule has 0 spiro atoms. The Balaban J connectivity index is 1.32. The van der Waals surface area contributed by atoms with Gasteiger partial charge in [0.15, 0.2) is 5.69 Å². The van der Waals surface area contributed by atoms with Gasteiger partial charge in [-0.25, -0.2) is 4.39 Å². The third-order valence-electron chi connectivity index (χ3n) is 7.89. The first kappa shape index (κ1) is 26.3. The number of nitrogens with zero attached hydrogens (tertiary/aromatic N) is 6. The predicted octanol–water partition coefficient (Wildman–Crippen LogP) is 3.46. The van der Waals surface area contributed by atoms with Crippen LogP contribution in [0.25, 0.3) is 0 Å². The maximum absolute atomic E-state index is 13.9. The van der Waals surface area contributed by atoms with Crippen LogP contribution in [0, 0.1) is 16.6 Å². The molecule has 3 aliphatic rings. The Morgan fingerprint density at radius 1 is 1.20 bits per heavy atom. The largest absolute Gasteiger partial charge is 0.334 e. The zero-order valence-corrected chi connectivity index (χ0v) is 22.5. The summed E-state index contributed by atoms with van der Waals surface area (Å²) in [6.45, 7) is 1.91. The van der Waals surface area contributed by atoms with Crippen molar-refractivity contribution in [1.82, 2.24) is 29.5 Å². The van der Waals surface area contributed by atoms with Gasteiger partial charge in [-0.15, -0.1) is 4.91 Å². The molecule has 1 unspecified atom stereocenters. The lowest BCUT2D eigenvalue weighted by Gasteiger charge is -2.30. The highest BCUT2D eigenvalue weighted by atomic mass is 35.5. The van der Waals surface area contributed by atoms with Crippen molar-refractivity contribution in [2.45, 2.75) is 38.5 Å². The van der Waals surface area contributed by atoms with Crippen LogP contribution in [-0.2, 0) is 19.5 Å². The highest BCUT2D eigenvalue weighted by molar-refractivity contribution is 6.30. The van der Waals surface area contributed by atoms with Crippen LogP contribution in [0.4, 0.5) is 10.1 Å². The minimum absolute atomic E-state index is 0.0686. The topological polar surface area (TPSA) is 124 Å². The lowest BCUT2D eigenvalue weighted by molar-refractivity contribution is 0.0640. The molecule has 2 amide bonds. The van der Waals surface area contributed by atoms with Crippen molar-refractivity contribution in [3.63, 3.8) is 0 Å². The summed E-state index contributed by atoms with van der Waals surface area (Å²) >= 11 is 5.91. The molecule has 1 saturated carbocycles. The first-order valence-electron chi connectivity index (χ1n) is 13.1. The summed E-state index contributed by atoms with van der Waals surface area (Å²) in [7, 11) is 1.94. The van der Waals surface area contributed by atoms with Crippen molar-refractivity contribution >= 4 is 29.1 Å². The van der Waals surface area contributed by atoms with Crippen LogP contribution in [0.15, 0.2) is 40.6 Å². The van der Waals surface area contributed by atoms with Crippen molar-refractivity contribution < 1.29 is 14.0 Å². The average Bonchev–Trinajstić information content (AvgIpc) is 3.56. The van der Waals surface area contributed by atoms with E-state index >= 15 is 0 Å². The molecule has 4 heterocycles. The van der Waals surface area contributed by atoms with E-state index in [-0.39, 0.29) is 47.6 Å². The number of aromatic amines is 1. The summed E-state index contributed by atoms with van der Waals surface area (Å²) < 4.78 is 15.0. The highest BCUT2D eigenvalue weighted by Gasteiger charge is 2.49. The van der Waals surface area contributed by atoms with E-state index in [1.165, 1.54) is 27.7 Å². The van der Waals surface area contributed by atoms with Gasteiger partial charge in [0.25, 0.3) is 17.4 Å². The highest BCUT2D eigenvalue weighted by Crippen LogP contribution is 2.46. The lowest BCUT2D eigenvalue weighted by atomic mass is 9.95. The standard InChI is InChI=1S/C27H27ClFN7O4/c1-33(13-16-11-30-31-12-16)8-9-35-24(17-3-4-17)36-23(27(35)39)18-6-7-34(14-15-2-5-20(29)19(28)10-15)25(37)21(18)22(32-40)26(36)38/h2,5,10-12,17,24H,3-4,6-9,13-14H2,1H3,(H,30,31). The zero-order valence-electron chi connectivity index (χ0n) is 21.8. The number of hydrogen-bond acceptors (Lipinski definition) is 7. The third kappa shape index (κ3) is 4.50. The number of carbonyl (C=O) groups excluding carboxylic acids is 2. The second-order valence-corrected chi connectivity index (χ2v) is 11.0. The Morgan fingerprint density at radius 3 is 2.67 bits per heavy atom. The molecule has 2 aromatic heterocycles. The van der Waals surface area contributed by atoms with Gasteiger partial charge in [-0.05, 0) is 60.7 Å². The summed E-state index contributed by atoms with van der Waals surface area (Å²) in [4.78, 5) is 58.4. The second kappa shape index (κ2) is 10.3. The number of amides is 2. The monoisotopic (exact) mass is 567 g/mol. The van der Waals surface area contributed by atoms with Gasteiger partial charge in [0, 0.05) is 44.5 Å². The van der Waals surface area contributed by atoms with E-state index < -0.39 is 29.1 Å². The number of halogens is 2. The normalized spacial score (nSPS) is 18.4. The molecule has 0 saturated heterocycles. The van der Waals surface area contributed by atoms with Crippen molar-refractivity contribution in [3.05, 3.63) is 84.6 Å². The Morgan fingerprint density at radius 2 is 2.00 bits per heavy atom. The van der Waals surface area contributed by atoms with E-state index in [9.17, 15) is 23.7 Å².